The molecule has 0 bridgehead atoms. The van der Waals surface area contributed by atoms with E-state index in [4.69, 9.17) is 11.6 Å². The van der Waals surface area contributed by atoms with Gasteiger partial charge in [0.2, 0.25) is 0 Å². The number of aliphatic imine (C=N–C) groups is 1. The standard InChI is InChI=1S/C18H27ClN4.HI/c1-20-18(21-12-14-6-2-5-9-17(14)19)22-15-10-11-23(13-15)16-7-3-4-8-16;/h2,5-6,9,15-16H,3-4,7-8,10-13H2,1H3,(H2,20,21,22);1H. The molecular weight excluding hydrogens is 435 g/mol. The van der Waals surface area contributed by atoms with Crippen LogP contribution in [0, 0.1) is 0 Å². The van der Waals surface area contributed by atoms with Crippen LogP contribution in [0.15, 0.2) is 29.3 Å². The molecule has 1 atom stereocenters. The third kappa shape index (κ3) is 5.23. The first-order valence-electron chi connectivity index (χ1n) is 8.71. The molecule has 134 valence electrons. The van der Waals surface area contributed by atoms with E-state index in [9.17, 15) is 0 Å². The first-order valence-corrected chi connectivity index (χ1v) is 9.08. The summed E-state index contributed by atoms with van der Waals surface area (Å²) in [7, 11) is 1.83. The van der Waals surface area contributed by atoms with Crippen LogP contribution in [0.1, 0.15) is 37.7 Å². The molecule has 1 aromatic carbocycles. The molecule has 1 saturated heterocycles. The van der Waals surface area contributed by atoms with Gasteiger partial charge in [-0.15, -0.1) is 24.0 Å². The Labute approximate surface area is 167 Å². The van der Waals surface area contributed by atoms with E-state index in [0.29, 0.717) is 12.6 Å². The Kier molecular flexibility index (Phi) is 8.10. The van der Waals surface area contributed by atoms with E-state index in [2.05, 4.69) is 20.5 Å². The zero-order valence-corrected chi connectivity index (χ0v) is 17.4. The first-order chi connectivity index (χ1) is 11.3. The minimum absolute atomic E-state index is 0. The summed E-state index contributed by atoms with van der Waals surface area (Å²) in [5.74, 6) is 0.864. The summed E-state index contributed by atoms with van der Waals surface area (Å²) in [5, 5.41) is 7.73. The largest absolute Gasteiger partial charge is 0.352 e. The fourth-order valence-corrected chi connectivity index (χ4v) is 3.92. The fraction of sp³-hybridized carbons (Fsp3) is 0.611. The Morgan fingerprint density at radius 3 is 2.71 bits per heavy atom. The summed E-state index contributed by atoms with van der Waals surface area (Å²) in [6.07, 6.45) is 6.77. The molecule has 3 rings (SSSR count). The molecule has 1 aliphatic heterocycles. The molecule has 24 heavy (non-hydrogen) atoms. The molecule has 2 N–H and O–H groups in total. The predicted molar refractivity (Wildman–Crippen MR) is 112 cm³/mol. The molecule has 1 heterocycles. The van der Waals surface area contributed by atoms with Crippen LogP contribution in [0.3, 0.4) is 0 Å². The number of nitrogens with one attached hydrogen (secondary N) is 2. The Hall–Kier alpha value is -0.530. The maximum Gasteiger partial charge on any atom is 0.191 e. The molecule has 0 aromatic heterocycles. The van der Waals surface area contributed by atoms with Crippen molar-refractivity contribution in [2.24, 2.45) is 4.99 Å². The van der Waals surface area contributed by atoms with E-state index < -0.39 is 0 Å². The molecule has 4 nitrogen and oxygen atoms in total. The first kappa shape index (κ1) is 19.8. The highest BCUT2D eigenvalue weighted by Crippen LogP contribution is 2.26. The molecule has 2 fully saturated rings. The summed E-state index contributed by atoms with van der Waals surface area (Å²) in [6, 6.07) is 9.24. The molecule has 1 aliphatic carbocycles. The van der Waals surface area contributed by atoms with Gasteiger partial charge in [0.1, 0.15) is 0 Å². The van der Waals surface area contributed by atoms with Gasteiger partial charge in [-0.2, -0.15) is 0 Å². The maximum atomic E-state index is 6.21. The minimum Gasteiger partial charge on any atom is -0.352 e. The van der Waals surface area contributed by atoms with Crippen molar-refractivity contribution in [2.45, 2.75) is 50.7 Å². The van der Waals surface area contributed by atoms with Crippen LogP contribution in [0.4, 0.5) is 0 Å². The van der Waals surface area contributed by atoms with Gasteiger partial charge in [-0.1, -0.05) is 42.6 Å². The van der Waals surface area contributed by atoms with Crippen LogP contribution >= 0.6 is 35.6 Å². The lowest BCUT2D eigenvalue weighted by Gasteiger charge is -2.24. The second-order valence-electron chi connectivity index (χ2n) is 6.58. The molecule has 0 spiro atoms. The van der Waals surface area contributed by atoms with Crippen molar-refractivity contribution < 1.29 is 0 Å². The number of benzene rings is 1. The molecule has 0 radical (unpaired) electrons. The predicted octanol–water partition coefficient (Wildman–Crippen LogP) is 3.64. The van der Waals surface area contributed by atoms with E-state index in [1.807, 2.05) is 31.3 Å². The van der Waals surface area contributed by atoms with Crippen molar-refractivity contribution in [3.05, 3.63) is 34.9 Å². The zero-order valence-electron chi connectivity index (χ0n) is 14.3. The highest BCUT2D eigenvalue weighted by atomic mass is 127. The molecule has 1 saturated carbocycles. The van der Waals surface area contributed by atoms with Crippen molar-refractivity contribution in [1.82, 2.24) is 15.5 Å². The lowest BCUT2D eigenvalue weighted by molar-refractivity contribution is 0.242. The number of guanidine groups is 1. The van der Waals surface area contributed by atoms with Gasteiger partial charge in [-0.3, -0.25) is 9.89 Å². The van der Waals surface area contributed by atoms with E-state index in [1.54, 1.807) is 0 Å². The van der Waals surface area contributed by atoms with E-state index in [1.165, 1.54) is 38.6 Å². The van der Waals surface area contributed by atoms with Gasteiger partial charge in [0.25, 0.3) is 0 Å². The van der Waals surface area contributed by atoms with Crippen molar-refractivity contribution in [2.75, 3.05) is 20.1 Å². The van der Waals surface area contributed by atoms with Crippen molar-refractivity contribution in [3.63, 3.8) is 0 Å². The summed E-state index contributed by atoms with van der Waals surface area (Å²) < 4.78 is 0. The smallest absolute Gasteiger partial charge is 0.191 e. The van der Waals surface area contributed by atoms with Crippen LogP contribution in [0.5, 0.6) is 0 Å². The molecular formula is C18H28ClIN4. The van der Waals surface area contributed by atoms with Crippen LogP contribution in [-0.2, 0) is 6.54 Å². The number of halogens is 2. The van der Waals surface area contributed by atoms with E-state index in [-0.39, 0.29) is 24.0 Å². The number of likely N-dealkylation sites (tertiary alicyclic amines) is 1. The average Bonchev–Trinajstić information content (AvgIpc) is 3.24. The number of rotatable bonds is 4. The Bertz CT molecular complexity index is 546. The number of hydrogen-bond donors (Lipinski definition) is 2. The van der Waals surface area contributed by atoms with E-state index >= 15 is 0 Å². The SMILES string of the molecule is CN=C(NCc1ccccc1Cl)NC1CCN(C2CCCC2)C1.I. The van der Waals surface area contributed by atoms with Gasteiger partial charge >= 0.3 is 0 Å². The maximum absolute atomic E-state index is 6.21. The van der Waals surface area contributed by atoms with Gasteiger partial charge < -0.3 is 10.6 Å². The Balaban J connectivity index is 0.00000208. The van der Waals surface area contributed by atoms with Crippen LogP contribution in [0.25, 0.3) is 0 Å². The Morgan fingerprint density at radius 2 is 2.00 bits per heavy atom. The molecule has 0 amide bonds. The topological polar surface area (TPSA) is 39.7 Å². The highest BCUT2D eigenvalue weighted by molar-refractivity contribution is 14.0. The summed E-state index contributed by atoms with van der Waals surface area (Å²) in [4.78, 5) is 7.01. The zero-order chi connectivity index (χ0) is 16.1. The van der Waals surface area contributed by atoms with Crippen LogP contribution < -0.4 is 10.6 Å². The quantitative estimate of drug-likeness (QED) is 0.408. The molecule has 6 heteroatoms. The van der Waals surface area contributed by atoms with Gasteiger partial charge in [0, 0.05) is 43.8 Å². The summed E-state index contributed by atoms with van der Waals surface area (Å²) >= 11 is 6.21. The van der Waals surface area contributed by atoms with Crippen molar-refractivity contribution in [1.29, 1.82) is 0 Å². The number of hydrogen-bond acceptors (Lipinski definition) is 2. The van der Waals surface area contributed by atoms with Crippen LogP contribution in [-0.4, -0.2) is 43.1 Å². The summed E-state index contributed by atoms with van der Waals surface area (Å²) in [6.45, 7) is 3.04. The van der Waals surface area contributed by atoms with Gasteiger partial charge in [-0.05, 0) is 30.9 Å². The van der Waals surface area contributed by atoms with Gasteiger partial charge in [0.05, 0.1) is 0 Å². The molecule has 1 unspecified atom stereocenters. The monoisotopic (exact) mass is 462 g/mol. The van der Waals surface area contributed by atoms with Crippen molar-refractivity contribution >= 4 is 41.5 Å². The van der Waals surface area contributed by atoms with Gasteiger partial charge in [-0.25, -0.2) is 0 Å². The number of nitrogens with zero attached hydrogens (tertiary/aromatic N) is 2. The Morgan fingerprint density at radius 1 is 1.25 bits per heavy atom. The fourth-order valence-electron chi connectivity index (χ4n) is 3.71. The molecule has 1 aromatic rings. The van der Waals surface area contributed by atoms with Crippen LogP contribution in [0.2, 0.25) is 5.02 Å². The minimum atomic E-state index is 0. The van der Waals surface area contributed by atoms with Crippen molar-refractivity contribution in [3.8, 4) is 0 Å². The normalized spacial score (nSPS) is 22.4. The lowest BCUT2D eigenvalue weighted by Crippen LogP contribution is -2.45. The third-order valence-corrected chi connectivity index (χ3v) is 5.40. The molecule has 2 aliphatic rings. The second-order valence-corrected chi connectivity index (χ2v) is 6.99. The second kappa shape index (κ2) is 9.82. The third-order valence-electron chi connectivity index (χ3n) is 5.03. The van der Waals surface area contributed by atoms with Gasteiger partial charge in [0.15, 0.2) is 5.96 Å². The van der Waals surface area contributed by atoms with E-state index in [0.717, 1.165) is 29.1 Å². The average molecular weight is 463 g/mol. The lowest BCUT2D eigenvalue weighted by atomic mass is 10.2. The highest BCUT2D eigenvalue weighted by Gasteiger charge is 2.30. The summed E-state index contributed by atoms with van der Waals surface area (Å²) in [5.41, 5.74) is 1.09.